The molecule has 5 heteroatoms. The summed E-state index contributed by atoms with van der Waals surface area (Å²) in [6.07, 6.45) is 2.11. The smallest absolute Gasteiger partial charge is 0.321 e. The minimum Gasteiger partial charge on any atom is -0.325 e. The van der Waals surface area contributed by atoms with Gasteiger partial charge in [0.2, 0.25) is 0 Å². The van der Waals surface area contributed by atoms with E-state index in [2.05, 4.69) is 5.32 Å². The van der Waals surface area contributed by atoms with Gasteiger partial charge in [0.25, 0.3) is 0 Å². The van der Waals surface area contributed by atoms with E-state index in [1.54, 1.807) is 23.1 Å². The number of carbonyl (C=O) groups excluding carboxylic acids is 1. The van der Waals surface area contributed by atoms with Gasteiger partial charge in [0.15, 0.2) is 0 Å². The molecular weight excluding hydrogens is 238 g/mol. The van der Waals surface area contributed by atoms with Crippen molar-refractivity contribution in [1.29, 1.82) is 5.26 Å². The van der Waals surface area contributed by atoms with Crippen molar-refractivity contribution in [3.63, 3.8) is 0 Å². The van der Waals surface area contributed by atoms with Crippen LogP contribution in [-0.4, -0.2) is 24.0 Å². The third-order valence-electron chi connectivity index (χ3n) is 2.73. The van der Waals surface area contributed by atoms with Crippen LogP contribution in [0.2, 0.25) is 5.02 Å². The first-order valence-electron chi connectivity index (χ1n) is 5.46. The largest absolute Gasteiger partial charge is 0.325 e. The second-order valence-electron chi connectivity index (χ2n) is 3.93. The van der Waals surface area contributed by atoms with E-state index < -0.39 is 0 Å². The lowest BCUT2D eigenvalue weighted by Gasteiger charge is -2.16. The number of likely N-dealkylation sites (tertiary alicyclic amines) is 1. The fourth-order valence-corrected chi connectivity index (χ4v) is 2.03. The van der Waals surface area contributed by atoms with Gasteiger partial charge in [0, 0.05) is 18.8 Å². The Balaban J connectivity index is 2.06. The summed E-state index contributed by atoms with van der Waals surface area (Å²) in [6, 6.07) is 6.74. The molecule has 1 aromatic carbocycles. The molecule has 0 radical (unpaired) electrons. The molecule has 17 heavy (non-hydrogen) atoms. The molecule has 0 saturated carbocycles. The van der Waals surface area contributed by atoms with Gasteiger partial charge in [0.1, 0.15) is 6.07 Å². The van der Waals surface area contributed by atoms with Crippen LogP contribution in [0.3, 0.4) is 0 Å². The second-order valence-corrected chi connectivity index (χ2v) is 4.34. The monoisotopic (exact) mass is 249 g/mol. The maximum absolute atomic E-state index is 11.8. The number of hydrogen-bond acceptors (Lipinski definition) is 2. The van der Waals surface area contributed by atoms with E-state index in [0.717, 1.165) is 25.9 Å². The van der Waals surface area contributed by atoms with Crippen LogP contribution in [-0.2, 0) is 0 Å². The molecule has 0 atom stereocenters. The Morgan fingerprint density at radius 2 is 2.12 bits per heavy atom. The molecule has 2 rings (SSSR count). The van der Waals surface area contributed by atoms with Gasteiger partial charge >= 0.3 is 6.03 Å². The van der Waals surface area contributed by atoms with Crippen LogP contribution in [0.4, 0.5) is 10.5 Å². The van der Waals surface area contributed by atoms with Gasteiger partial charge in [-0.05, 0) is 31.0 Å². The zero-order valence-electron chi connectivity index (χ0n) is 9.24. The summed E-state index contributed by atoms with van der Waals surface area (Å²) in [4.78, 5) is 13.6. The highest BCUT2D eigenvalue weighted by molar-refractivity contribution is 6.32. The number of urea groups is 1. The Kier molecular flexibility index (Phi) is 3.50. The highest BCUT2D eigenvalue weighted by atomic mass is 35.5. The van der Waals surface area contributed by atoms with E-state index in [1.807, 2.05) is 6.07 Å². The number of amides is 2. The first kappa shape index (κ1) is 11.7. The lowest BCUT2D eigenvalue weighted by Crippen LogP contribution is -2.32. The van der Waals surface area contributed by atoms with Crippen molar-refractivity contribution in [2.45, 2.75) is 12.8 Å². The molecule has 1 aliphatic heterocycles. The SMILES string of the molecule is N#Cc1ccc(NC(=O)N2CCCC2)cc1Cl. The fourth-order valence-electron chi connectivity index (χ4n) is 1.81. The summed E-state index contributed by atoms with van der Waals surface area (Å²) in [5, 5.41) is 11.9. The molecule has 88 valence electrons. The molecule has 1 N–H and O–H groups in total. The van der Waals surface area contributed by atoms with Crippen molar-refractivity contribution in [3.05, 3.63) is 28.8 Å². The summed E-state index contributed by atoms with van der Waals surface area (Å²) < 4.78 is 0. The van der Waals surface area contributed by atoms with E-state index in [4.69, 9.17) is 16.9 Å². The van der Waals surface area contributed by atoms with Crippen LogP contribution in [0.15, 0.2) is 18.2 Å². The molecule has 1 aliphatic rings. The molecule has 0 spiro atoms. The zero-order valence-corrected chi connectivity index (χ0v) is 10.00. The summed E-state index contributed by atoms with van der Waals surface area (Å²) in [5.74, 6) is 0. The van der Waals surface area contributed by atoms with Gasteiger partial charge in [-0.25, -0.2) is 4.79 Å². The quantitative estimate of drug-likeness (QED) is 0.832. The van der Waals surface area contributed by atoms with Crippen LogP contribution < -0.4 is 5.32 Å². The topological polar surface area (TPSA) is 56.1 Å². The maximum Gasteiger partial charge on any atom is 0.321 e. The normalized spacial score (nSPS) is 14.5. The number of rotatable bonds is 1. The molecule has 0 bridgehead atoms. The van der Waals surface area contributed by atoms with Crippen molar-refractivity contribution in [1.82, 2.24) is 4.90 Å². The second kappa shape index (κ2) is 5.07. The van der Waals surface area contributed by atoms with Crippen molar-refractivity contribution in [2.75, 3.05) is 18.4 Å². The average molecular weight is 250 g/mol. The molecule has 1 fully saturated rings. The highest BCUT2D eigenvalue weighted by Crippen LogP contribution is 2.20. The van der Waals surface area contributed by atoms with Gasteiger partial charge in [-0.15, -0.1) is 0 Å². The lowest BCUT2D eigenvalue weighted by molar-refractivity contribution is 0.222. The fraction of sp³-hybridized carbons (Fsp3) is 0.333. The standard InChI is InChI=1S/C12H12ClN3O/c13-11-7-10(4-3-9(11)8-14)15-12(17)16-5-1-2-6-16/h3-4,7H,1-2,5-6H2,(H,15,17). The zero-order chi connectivity index (χ0) is 12.3. The Labute approximate surface area is 105 Å². The van der Waals surface area contributed by atoms with Crippen LogP contribution in [0, 0.1) is 11.3 Å². The third-order valence-corrected chi connectivity index (χ3v) is 3.05. The number of hydrogen-bond donors (Lipinski definition) is 1. The predicted octanol–water partition coefficient (Wildman–Crippen LogP) is 2.84. The van der Waals surface area contributed by atoms with Crippen molar-refractivity contribution < 1.29 is 4.79 Å². The molecule has 2 amide bonds. The molecule has 1 aromatic rings. The summed E-state index contributed by atoms with van der Waals surface area (Å²) in [7, 11) is 0. The maximum atomic E-state index is 11.8. The van der Waals surface area contributed by atoms with Crippen molar-refractivity contribution in [2.24, 2.45) is 0 Å². The number of nitriles is 1. The van der Waals surface area contributed by atoms with Crippen molar-refractivity contribution >= 4 is 23.3 Å². The van der Waals surface area contributed by atoms with Gasteiger partial charge in [-0.2, -0.15) is 5.26 Å². The van der Waals surface area contributed by atoms with E-state index in [0.29, 0.717) is 16.3 Å². The van der Waals surface area contributed by atoms with E-state index >= 15 is 0 Å². The number of anilines is 1. The number of nitrogens with one attached hydrogen (secondary N) is 1. The Morgan fingerprint density at radius 3 is 2.71 bits per heavy atom. The van der Waals surface area contributed by atoms with Crippen LogP contribution >= 0.6 is 11.6 Å². The van der Waals surface area contributed by atoms with Crippen LogP contribution in [0.25, 0.3) is 0 Å². The van der Waals surface area contributed by atoms with Gasteiger partial charge in [-0.3, -0.25) is 0 Å². The molecule has 0 aliphatic carbocycles. The number of benzene rings is 1. The Bertz CT molecular complexity index is 475. The van der Waals surface area contributed by atoms with E-state index in [9.17, 15) is 4.79 Å². The number of nitrogens with zero attached hydrogens (tertiary/aromatic N) is 2. The summed E-state index contributed by atoms with van der Waals surface area (Å²) >= 11 is 5.89. The minimum absolute atomic E-state index is 0.108. The first-order chi connectivity index (χ1) is 8.20. The molecule has 4 nitrogen and oxygen atoms in total. The molecular formula is C12H12ClN3O. The van der Waals surface area contributed by atoms with Gasteiger partial charge in [-0.1, -0.05) is 11.6 Å². The molecule has 0 unspecified atom stereocenters. The first-order valence-corrected chi connectivity index (χ1v) is 5.84. The van der Waals surface area contributed by atoms with E-state index in [-0.39, 0.29) is 6.03 Å². The number of carbonyl (C=O) groups is 1. The highest BCUT2D eigenvalue weighted by Gasteiger charge is 2.17. The predicted molar refractivity (Wildman–Crippen MR) is 66.0 cm³/mol. The van der Waals surface area contributed by atoms with Crippen LogP contribution in [0.1, 0.15) is 18.4 Å². The molecule has 1 heterocycles. The average Bonchev–Trinajstić information content (AvgIpc) is 2.82. The molecule has 1 saturated heterocycles. The lowest BCUT2D eigenvalue weighted by atomic mass is 10.2. The number of halogens is 1. The van der Waals surface area contributed by atoms with Gasteiger partial charge in [0.05, 0.1) is 10.6 Å². The molecule has 0 aromatic heterocycles. The van der Waals surface area contributed by atoms with Gasteiger partial charge < -0.3 is 10.2 Å². The van der Waals surface area contributed by atoms with E-state index in [1.165, 1.54) is 0 Å². The van der Waals surface area contributed by atoms with Crippen LogP contribution in [0.5, 0.6) is 0 Å². The summed E-state index contributed by atoms with van der Waals surface area (Å²) in [5.41, 5.74) is 1.02. The minimum atomic E-state index is -0.108. The Morgan fingerprint density at radius 1 is 1.41 bits per heavy atom. The Hall–Kier alpha value is -1.73. The van der Waals surface area contributed by atoms with Crippen molar-refractivity contribution in [3.8, 4) is 6.07 Å². The summed E-state index contributed by atoms with van der Waals surface area (Å²) in [6.45, 7) is 1.60. The third kappa shape index (κ3) is 2.69.